The molecule has 0 spiro atoms. The lowest BCUT2D eigenvalue weighted by atomic mass is 10.1. The fraction of sp³-hybridized carbons (Fsp3) is 0.438. The number of aryl methyl sites for hydroxylation is 1. The molecule has 0 aliphatic heterocycles. The smallest absolute Gasteiger partial charge is 0.264 e. The van der Waals surface area contributed by atoms with Crippen LogP contribution in [0.25, 0.3) is 11.0 Å². The number of amides is 1. The fourth-order valence-corrected chi connectivity index (χ4v) is 3.09. The van der Waals surface area contributed by atoms with Gasteiger partial charge in [-0.25, -0.2) is 14.6 Å². The molecule has 0 saturated carbocycles. The van der Waals surface area contributed by atoms with E-state index in [1.807, 2.05) is 20.8 Å². The van der Waals surface area contributed by atoms with Crippen molar-refractivity contribution >= 4 is 33.4 Å². The Bertz CT molecular complexity index is 965. The van der Waals surface area contributed by atoms with Gasteiger partial charge in [0.05, 0.1) is 11.7 Å². The largest absolute Gasteiger partial charge is 0.302 e. The summed E-state index contributed by atoms with van der Waals surface area (Å²) in [6.07, 6.45) is 3.34. The lowest BCUT2D eigenvalue weighted by molar-refractivity contribution is -0.116. The number of anilines is 1. The first-order valence-corrected chi connectivity index (χ1v) is 8.80. The molecule has 0 aromatic carbocycles. The number of carbonyl (C=O) groups is 1. The van der Waals surface area contributed by atoms with Crippen molar-refractivity contribution in [3.63, 3.8) is 0 Å². The van der Waals surface area contributed by atoms with E-state index in [-0.39, 0.29) is 30.0 Å². The molecule has 3 heterocycles. The zero-order chi connectivity index (χ0) is 18.2. The highest BCUT2D eigenvalue weighted by molar-refractivity contribution is 7.13. The summed E-state index contributed by atoms with van der Waals surface area (Å²) in [6, 6.07) is 0. The van der Waals surface area contributed by atoms with Crippen molar-refractivity contribution in [2.75, 3.05) is 5.32 Å². The molecule has 0 radical (unpaired) electrons. The van der Waals surface area contributed by atoms with Gasteiger partial charge in [0.25, 0.3) is 5.56 Å². The van der Waals surface area contributed by atoms with Crippen LogP contribution in [0, 0.1) is 6.92 Å². The molecule has 0 unspecified atom stereocenters. The maximum atomic E-state index is 12.7. The Morgan fingerprint density at radius 2 is 2.12 bits per heavy atom. The number of nitrogens with one attached hydrogen (secondary N) is 1. The normalized spacial score (nSPS) is 11.8. The van der Waals surface area contributed by atoms with Crippen LogP contribution in [-0.4, -0.2) is 30.2 Å². The predicted molar refractivity (Wildman–Crippen MR) is 96.9 cm³/mol. The van der Waals surface area contributed by atoms with Gasteiger partial charge in [-0.2, -0.15) is 5.10 Å². The van der Waals surface area contributed by atoms with Crippen LogP contribution in [0.4, 0.5) is 5.13 Å². The molecule has 25 heavy (non-hydrogen) atoms. The van der Waals surface area contributed by atoms with E-state index in [0.29, 0.717) is 22.0 Å². The minimum absolute atomic E-state index is 0.168. The highest BCUT2D eigenvalue weighted by atomic mass is 32.1. The number of thiazole rings is 1. The second-order valence-corrected chi connectivity index (χ2v) is 7.61. The number of aromatic nitrogens is 5. The topological polar surface area (TPSA) is 94.7 Å². The molecular formula is C16H20N6O2S. The highest BCUT2D eigenvalue weighted by Gasteiger charge is 2.21. The number of carbonyl (C=O) groups excluding carboxylic acids is 1. The Morgan fingerprint density at radius 3 is 2.76 bits per heavy atom. The van der Waals surface area contributed by atoms with Gasteiger partial charge >= 0.3 is 0 Å². The van der Waals surface area contributed by atoms with E-state index in [9.17, 15) is 9.59 Å². The van der Waals surface area contributed by atoms with Crippen molar-refractivity contribution in [3.8, 4) is 0 Å². The SMILES string of the molecule is Cc1nc2c(cnn2C(C)(C)C)c(=O)n1CCC(=O)Nc1nccs1. The molecule has 0 aliphatic carbocycles. The van der Waals surface area contributed by atoms with Crippen molar-refractivity contribution in [2.24, 2.45) is 0 Å². The summed E-state index contributed by atoms with van der Waals surface area (Å²) in [5, 5.41) is 9.81. The average molecular weight is 360 g/mol. The summed E-state index contributed by atoms with van der Waals surface area (Å²) >= 11 is 1.35. The van der Waals surface area contributed by atoms with Crippen LogP contribution in [0.3, 0.4) is 0 Å². The molecule has 0 saturated heterocycles. The van der Waals surface area contributed by atoms with Crippen molar-refractivity contribution in [1.82, 2.24) is 24.3 Å². The fourth-order valence-electron chi connectivity index (χ4n) is 2.54. The Balaban J connectivity index is 1.85. The predicted octanol–water partition coefficient (Wildman–Crippen LogP) is 2.14. The molecule has 0 fully saturated rings. The van der Waals surface area contributed by atoms with Gasteiger partial charge in [-0.05, 0) is 27.7 Å². The van der Waals surface area contributed by atoms with E-state index in [2.05, 4.69) is 20.4 Å². The van der Waals surface area contributed by atoms with Crippen LogP contribution in [0.2, 0.25) is 0 Å². The van der Waals surface area contributed by atoms with E-state index < -0.39 is 0 Å². The van der Waals surface area contributed by atoms with E-state index >= 15 is 0 Å². The molecule has 9 heteroatoms. The van der Waals surface area contributed by atoms with Crippen LogP contribution >= 0.6 is 11.3 Å². The lowest BCUT2D eigenvalue weighted by Crippen LogP contribution is -2.28. The summed E-state index contributed by atoms with van der Waals surface area (Å²) in [4.78, 5) is 33.3. The zero-order valence-corrected chi connectivity index (χ0v) is 15.4. The average Bonchev–Trinajstić information content (AvgIpc) is 3.15. The van der Waals surface area contributed by atoms with E-state index in [1.54, 1.807) is 29.4 Å². The Kier molecular flexibility index (Phi) is 4.42. The van der Waals surface area contributed by atoms with Crippen LogP contribution in [0.5, 0.6) is 0 Å². The summed E-state index contributed by atoms with van der Waals surface area (Å²) in [7, 11) is 0. The quantitative estimate of drug-likeness (QED) is 0.769. The third kappa shape index (κ3) is 3.46. The van der Waals surface area contributed by atoms with Gasteiger partial charge in [0, 0.05) is 24.5 Å². The second-order valence-electron chi connectivity index (χ2n) is 6.72. The molecule has 0 atom stereocenters. The molecule has 1 amide bonds. The van der Waals surface area contributed by atoms with Crippen molar-refractivity contribution in [1.29, 1.82) is 0 Å². The number of nitrogens with zero attached hydrogens (tertiary/aromatic N) is 5. The third-order valence-electron chi connectivity index (χ3n) is 3.75. The first-order chi connectivity index (χ1) is 11.8. The Hall–Kier alpha value is -2.55. The summed E-state index contributed by atoms with van der Waals surface area (Å²) in [5.74, 6) is 0.372. The van der Waals surface area contributed by atoms with Gasteiger partial charge in [0.1, 0.15) is 11.2 Å². The maximum Gasteiger partial charge on any atom is 0.264 e. The first-order valence-electron chi connectivity index (χ1n) is 7.92. The number of fused-ring (bicyclic) bond motifs is 1. The van der Waals surface area contributed by atoms with Crippen LogP contribution in [0.1, 0.15) is 33.0 Å². The number of hydrogen-bond donors (Lipinski definition) is 1. The number of hydrogen-bond acceptors (Lipinski definition) is 6. The van der Waals surface area contributed by atoms with Gasteiger partial charge in [0.2, 0.25) is 5.91 Å². The molecular weight excluding hydrogens is 340 g/mol. The summed E-state index contributed by atoms with van der Waals surface area (Å²) in [5.41, 5.74) is 0.117. The van der Waals surface area contributed by atoms with Crippen LogP contribution < -0.4 is 10.9 Å². The second kappa shape index (κ2) is 6.40. The van der Waals surface area contributed by atoms with Gasteiger partial charge < -0.3 is 5.32 Å². The molecule has 3 aromatic heterocycles. The van der Waals surface area contributed by atoms with E-state index in [4.69, 9.17) is 0 Å². The standard InChI is InChI=1S/C16H20N6O2S/c1-10-19-13-11(9-18-22(13)16(2,3)4)14(24)21(10)7-5-12(23)20-15-17-6-8-25-15/h6,8-9H,5,7H2,1-4H3,(H,17,20,23). The van der Waals surface area contributed by atoms with Crippen LogP contribution in [0.15, 0.2) is 22.6 Å². The number of rotatable bonds is 4. The Labute approximate surface area is 148 Å². The Morgan fingerprint density at radius 1 is 1.36 bits per heavy atom. The molecule has 8 nitrogen and oxygen atoms in total. The van der Waals surface area contributed by atoms with Gasteiger partial charge in [0.15, 0.2) is 10.8 Å². The maximum absolute atomic E-state index is 12.7. The lowest BCUT2D eigenvalue weighted by Gasteiger charge is -2.20. The molecule has 0 bridgehead atoms. The minimum Gasteiger partial charge on any atom is -0.302 e. The van der Waals surface area contributed by atoms with Gasteiger partial charge in [-0.3, -0.25) is 14.2 Å². The van der Waals surface area contributed by atoms with E-state index in [1.165, 1.54) is 15.9 Å². The van der Waals surface area contributed by atoms with Crippen molar-refractivity contribution in [3.05, 3.63) is 34.0 Å². The molecule has 3 rings (SSSR count). The monoisotopic (exact) mass is 360 g/mol. The zero-order valence-electron chi connectivity index (χ0n) is 14.6. The minimum atomic E-state index is -0.270. The third-order valence-corrected chi connectivity index (χ3v) is 4.44. The van der Waals surface area contributed by atoms with Gasteiger partial charge in [-0.15, -0.1) is 11.3 Å². The molecule has 132 valence electrons. The van der Waals surface area contributed by atoms with Crippen LogP contribution in [-0.2, 0) is 16.9 Å². The molecule has 0 aliphatic rings. The first kappa shape index (κ1) is 17.3. The van der Waals surface area contributed by atoms with E-state index in [0.717, 1.165) is 0 Å². The van der Waals surface area contributed by atoms with Crippen molar-refractivity contribution in [2.45, 2.75) is 46.2 Å². The molecule has 3 aromatic rings. The van der Waals surface area contributed by atoms with Crippen molar-refractivity contribution < 1.29 is 4.79 Å². The summed E-state index contributed by atoms with van der Waals surface area (Å²) in [6.45, 7) is 8.03. The highest BCUT2D eigenvalue weighted by Crippen LogP contribution is 2.18. The van der Waals surface area contributed by atoms with Gasteiger partial charge in [-0.1, -0.05) is 0 Å². The summed E-state index contributed by atoms with van der Waals surface area (Å²) < 4.78 is 3.26. The molecule has 1 N–H and O–H groups in total.